The van der Waals surface area contributed by atoms with Gasteiger partial charge in [0.2, 0.25) is 0 Å². The summed E-state index contributed by atoms with van der Waals surface area (Å²) in [7, 11) is 1.53. The first kappa shape index (κ1) is 22.4. The van der Waals surface area contributed by atoms with Gasteiger partial charge < -0.3 is 19.9 Å². The van der Waals surface area contributed by atoms with Crippen molar-refractivity contribution in [3.63, 3.8) is 0 Å². The normalized spacial score (nSPS) is 11.9. The van der Waals surface area contributed by atoms with Crippen molar-refractivity contribution in [2.45, 2.75) is 19.3 Å². The molecule has 0 aliphatic rings. The molecule has 1 atom stereocenters. The zero-order chi connectivity index (χ0) is 21.5. The topological polar surface area (TPSA) is 50.7 Å². The molecule has 0 radical (unpaired) electrons. The van der Waals surface area contributed by atoms with Gasteiger partial charge in [0, 0.05) is 18.7 Å². The van der Waals surface area contributed by atoms with Crippen LogP contribution in [0.5, 0.6) is 11.5 Å². The lowest BCUT2D eigenvalue weighted by Gasteiger charge is -2.16. The van der Waals surface area contributed by atoms with Crippen molar-refractivity contribution in [2.75, 3.05) is 13.7 Å². The Morgan fingerprint density at radius 3 is 2.50 bits per heavy atom. The molecule has 7 heteroatoms. The molecule has 30 heavy (non-hydrogen) atoms. The first-order chi connectivity index (χ1) is 14.5. The van der Waals surface area contributed by atoms with E-state index >= 15 is 0 Å². The molecule has 0 saturated heterocycles. The minimum Gasteiger partial charge on any atom is -0.493 e. The molecule has 0 spiro atoms. The van der Waals surface area contributed by atoms with Crippen molar-refractivity contribution in [3.05, 3.63) is 93.2 Å². The Hall–Kier alpha value is -2.31. The van der Waals surface area contributed by atoms with E-state index in [1.807, 2.05) is 36.4 Å². The number of hydrogen-bond donors (Lipinski definition) is 2. The Labute approximate surface area is 185 Å². The molecule has 0 aliphatic carbocycles. The molecule has 0 heterocycles. The van der Waals surface area contributed by atoms with Crippen LogP contribution in [0.3, 0.4) is 0 Å². The van der Waals surface area contributed by atoms with Crippen molar-refractivity contribution >= 4 is 23.2 Å². The molecule has 0 bridgehead atoms. The molecule has 2 N–H and O–H groups in total. The molecule has 0 aliphatic heterocycles. The highest BCUT2D eigenvalue weighted by Crippen LogP contribution is 2.37. The highest BCUT2D eigenvalue weighted by atomic mass is 35.5. The van der Waals surface area contributed by atoms with Gasteiger partial charge in [-0.2, -0.15) is 0 Å². The van der Waals surface area contributed by atoms with Crippen molar-refractivity contribution in [1.29, 1.82) is 0 Å². The fourth-order valence-electron chi connectivity index (χ4n) is 2.95. The SMILES string of the molecule is COc1cc(CNC[C@H](O)c2ccccc2)cc(Cl)c1OCc1ccc(F)cc1Cl. The Balaban J connectivity index is 1.63. The van der Waals surface area contributed by atoms with Crippen LogP contribution in [0.15, 0.2) is 60.7 Å². The average Bonchev–Trinajstić information content (AvgIpc) is 2.74. The monoisotopic (exact) mass is 449 g/mol. The van der Waals surface area contributed by atoms with Gasteiger partial charge in [-0.05, 0) is 35.4 Å². The van der Waals surface area contributed by atoms with E-state index in [1.165, 1.54) is 19.2 Å². The summed E-state index contributed by atoms with van der Waals surface area (Å²) in [6.07, 6.45) is -0.605. The van der Waals surface area contributed by atoms with Gasteiger partial charge in [0.1, 0.15) is 12.4 Å². The van der Waals surface area contributed by atoms with Gasteiger partial charge in [-0.25, -0.2) is 4.39 Å². The fraction of sp³-hybridized carbons (Fsp3) is 0.217. The Morgan fingerprint density at radius 2 is 1.80 bits per heavy atom. The zero-order valence-corrected chi connectivity index (χ0v) is 17.9. The molecule has 3 aromatic carbocycles. The van der Waals surface area contributed by atoms with Gasteiger partial charge in [0.15, 0.2) is 11.5 Å². The van der Waals surface area contributed by atoms with E-state index in [9.17, 15) is 9.50 Å². The first-order valence-corrected chi connectivity index (χ1v) is 10.1. The molecule has 158 valence electrons. The molecule has 3 aromatic rings. The summed E-state index contributed by atoms with van der Waals surface area (Å²) >= 11 is 12.5. The number of hydrogen-bond acceptors (Lipinski definition) is 4. The van der Waals surface area contributed by atoms with Crippen LogP contribution < -0.4 is 14.8 Å². The van der Waals surface area contributed by atoms with Gasteiger partial charge in [0.05, 0.1) is 23.3 Å². The van der Waals surface area contributed by atoms with E-state index in [0.29, 0.717) is 35.2 Å². The third kappa shape index (κ3) is 5.86. The molecule has 4 nitrogen and oxygen atoms in total. The maximum Gasteiger partial charge on any atom is 0.180 e. The van der Waals surface area contributed by atoms with E-state index in [4.69, 9.17) is 32.7 Å². The van der Waals surface area contributed by atoms with Crippen LogP contribution in [-0.2, 0) is 13.2 Å². The quantitative estimate of drug-likeness (QED) is 0.449. The number of benzene rings is 3. The summed E-state index contributed by atoms with van der Waals surface area (Å²) in [5.74, 6) is 0.447. The average molecular weight is 450 g/mol. The van der Waals surface area contributed by atoms with Crippen LogP contribution in [-0.4, -0.2) is 18.8 Å². The molecule has 0 saturated carbocycles. The highest BCUT2D eigenvalue weighted by molar-refractivity contribution is 6.32. The fourth-order valence-corrected chi connectivity index (χ4v) is 3.46. The van der Waals surface area contributed by atoms with Crippen LogP contribution in [0, 0.1) is 5.82 Å². The smallest absolute Gasteiger partial charge is 0.180 e. The lowest BCUT2D eigenvalue weighted by molar-refractivity contribution is 0.174. The Bertz CT molecular complexity index is 986. The Morgan fingerprint density at radius 1 is 1.03 bits per heavy atom. The number of aliphatic hydroxyl groups excluding tert-OH is 1. The number of rotatable bonds is 9. The second kappa shape index (κ2) is 10.6. The first-order valence-electron chi connectivity index (χ1n) is 9.34. The van der Waals surface area contributed by atoms with E-state index in [0.717, 1.165) is 11.1 Å². The minimum atomic E-state index is -0.605. The van der Waals surface area contributed by atoms with Crippen LogP contribution in [0.4, 0.5) is 4.39 Å². The largest absolute Gasteiger partial charge is 0.493 e. The standard InChI is InChI=1S/C23H22Cl2FNO3/c1-29-22-10-15(12-27-13-21(28)16-5-3-2-4-6-16)9-20(25)23(22)30-14-17-7-8-18(26)11-19(17)24/h2-11,21,27-28H,12-14H2,1H3/t21-/m0/s1. The van der Waals surface area contributed by atoms with E-state index < -0.39 is 11.9 Å². The number of aliphatic hydroxyl groups is 1. The second-order valence-electron chi connectivity index (χ2n) is 6.69. The van der Waals surface area contributed by atoms with Gasteiger partial charge in [-0.15, -0.1) is 0 Å². The van der Waals surface area contributed by atoms with Crippen LogP contribution in [0.1, 0.15) is 22.8 Å². The van der Waals surface area contributed by atoms with E-state index in [-0.39, 0.29) is 11.6 Å². The van der Waals surface area contributed by atoms with Gasteiger partial charge in [0.25, 0.3) is 0 Å². The molecular weight excluding hydrogens is 428 g/mol. The maximum absolute atomic E-state index is 13.2. The lowest BCUT2D eigenvalue weighted by atomic mass is 10.1. The molecular formula is C23H22Cl2FNO3. The second-order valence-corrected chi connectivity index (χ2v) is 7.51. The van der Waals surface area contributed by atoms with Crippen LogP contribution >= 0.6 is 23.2 Å². The molecule has 0 unspecified atom stereocenters. The number of methoxy groups -OCH3 is 1. The predicted octanol–water partition coefficient (Wildman–Crippen LogP) is 5.54. The van der Waals surface area contributed by atoms with Gasteiger partial charge in [-0.1, -0.05) is 59.6 Å². The van der Waals surface area contributed by atoms with Crippen LogP contribution in [0.25, 0.3) is 0 Å². The van der Waals surface area contributed by atoms with Crippen molar-refractivity contribution in [1.82, 2.24) is 5.32 Å². The molecule has 0 fully saturated rings. The third-order valence-electron chi connectivity index (χ3n) is 4.53. The van der Waals surface area contributed by atoms with Gasteiger partial charge in [-0.3, -0.25) is 0 Å². The minimum absolute atomic E-state index is 0.121. The van der Waals surface area contributed by atoms with Crippen molar-refractivity contribution < 1.29 is 19.0 Å². The number of halogens is 3. The lowest BCUT2D eigenvalue weighted by Crippen LogP contribution is -2.21. The summed E-state index contributed by atoms with van der Waals surface area (Å²) in [4.78, 5) is 0. The summed E-state index contributed by atoms with van der Waals surface area (Å²) in [6, 6.07) is 17.2. The van der Waals surface area contributed by atoms with Crippen LogP contribution in [0.2, 0.25) is 10.0 Å². The maximum atomic E-state index is 13.2. The van der Waals surface area contributed by atoms with E-state index in [1.54, 1.807) is 12.1 Å². The molecule has 3 rings (SSSR count). The Kier molecular flexibility index (Phi) is 7.94. The van der Waals surface area contributed by atoms with Crippen molar-refractivity contribution in [3.8, 4) is 11.5 Å². The summed E-state index contributed by atoms with van der Waals surface area (Å²) < 4.78 is 24.4. The summed E-state index contributed by atoms with van der Waals surface area (Å²) in [5.41, 5.74) is 2.37. The third-order valence-corrected chi connectivity index (χ3v) is 5.16. The summed E-state index contributed by atoms with van der Waals surface area (Å²) in [6.45, 7) is 1.01. The highest BCUT2D eigenvalue weighted by Gasteiger charge is 2.14. The van der Waals surface area contributed by atoms with Gasteiger partial charge >= 0.3 is 0 Å². The molecule has 0 aromatic heterocycles. The van der Waals surface area contributed by atoms with Crippen molar-refractivity contribution in [2.24, 2.45) is 0 Å². The predicted molar refractivity (Wildman–Crippen MR) is 117 cm³/mol. The van der Waals surface area contributed by atoms with E-state index in [2.05, 4.69) is 5.32 Å². The number of nitrogens with one attached hydrogen (secondary N) is 1. The number of ether oxygens (including phenoxy) is 2. The molecule has 0 amide bonds. The zero-order valence-electron chi connectivity index (χ0n) is 16.4. The summed E-state index contributed by atoms with van der Waals surface area (Å²) in [5, 5.41) is 14.1.